The number of amides is 1. The van der Waals surface area contributed by atoms with Gasteiger partial charge < -0.3 is 34.4 Å². The van der Waals surface area contributed by atoms with E-state index in [9.17, 15) is 29.3 Å². The maximum absolute atomic E-state index is 12.1. The summed E-state index contributed by atoms with van der Waals surface area (Å²) >= 11 is 0. The summed E-state index contributed by atoms with van der Waals surface area (Å²) in [5, 5.41) is 16.3. The predicted molar refractivity (Wildman–Crippen MR) is 192 cm³/mol. The second kappa shape index (κ2) is 25.7. The third-order valence-corrected chi connectivity index (χ3v) is 6.90. The second-order valence-corrected chi connectivity index (χ2v) is 10.9. The van der Waals surface area contributed by atoms with Crippen LogP contribution in [0.3, 0.4) is 0 Å². The lowest BCUT2D eigenvalue weighted by Crippen LogP contribution is -2.48. The van der Waals surface area contributed by atoms with E-state index in [0.29, 0.717) is 31.2 Å². The van der Waals surface area contributed by atoms with Crippen molar-refractivity contribution in [1.29, 1.82) is 0 Å². The highest BCUT2D eigenvalue weighted by Gasteiger charge is 2.20. The van der Waals surface area contributed by atoms with E-state index in [1.54, 1.807) is 28.4 Å². The fourth-order valence-electron chi connectivity index (χ4n) is 4.32. The van der Waals surface area contributed by atoms with Crippen molar-refractivity contribution >= 4 is 30.5 Å². The summed E-state index contributed by atoms with van der Waals surface area (Å²) in [6.45, 7) is 1.80. The van der Waals surface area contributed by atoms with Gasteiger partial charge in [0.05, 0.1) is 29.7 Å². The molecule has 0 aromatic heterocycles. The van der Waals surface area contributed by atoms with Crippen molar-refractivity contribution < 1.29 is 38.3 Å². The number of nitrogens with zero attached hydrogens (tertiary/aromatic N) is 2. The van der Waals surface area contributed by atoms with Gasteiger partial charge in [0.25, 0.3) is 5.69 Å². The lowest BCUT2D eigenvalue weighted by atomic mass is 10.0. The molecule has 0 aliphatic carbocycles. The molecule has 50 heavy (non-hydrogen) atoms. The molecule has 3 aromatic carbocycles. The summed E-state index contributed by atoms with van der Waals surface area (Å²) in [4.78, 5) is 56.6. The van der Waals surface area contributed by atoms with Gasteiger partial charge in [-0.05, 0) is 56.3 Å². The summed E-state index contributed by atoms with van der Waals surface area (Å²) in [5.74, 6) is 0.922. The Hall–Kier alpha value is -5.24. The largest absolute Gasteiger partial charge is 0.497 e. The van der Waals surface area contributed by atoms with Gasteiger partial charge in [0.15, 0.2) is 6.29 Å². The van der Waals surface area contributed by atoms with Gasteiger partial charge in [-0.3, -0.25) is 24.6 Å². The molecule has 2 unspecified atom stereocenters. The maximum Gasteiger partial charge on any atom is 0.270 e. The minimum Gasteiger partial charge on any atom is -0.497 e. The number of nitro groups is 1. The van der Waals surface area contributed by atoms with E-state index in [2.05, 4.69) is 20.3 Å². The molecule has 0 spiro atoms. The highest BCUT2D eigenvalue weighted by molar-refractivity contribution is 5.84. The molecule has 0 bridgehead atoms. The molecule has 1 amide bonds. The van der Waals surface area contributed by atoms with Crippen molar-refractivity contribution in [2.45, 2.75) is 37.9 Å². The van der Waals surface area contributed by atoms with Gasteiger partial charge in [0.1, 0.15) is 30.7 Å². The average Bonchev–Trinajstić information content (AvgIpc) is 3.13. The number of non-ortho nitro benzene ring substituents is 1. The van der Waals surface area contributed by atoms with Gasteiger partial charge in [-0.1, -0.05) is 54.6 Å². The van der Waals surface area contributed by atoms with Crippen molar-refractivity contribution in [3.05, 3.63) is 112 Å². The smallest absolute Gasteiger partial charge is 0.270 e. The van der Waals surface area contributed by atoms with Gasteiger partial charge in [0, 0.05) is 45.9 Å². The summed E-state index contributed by atoms with van der Waals surface area (Å²) < 4.78 is 14.9. The predicted octanol–water partition coefficient (Wildman–Crippen LogP) is 4.23. The van der Waals surface area contributed by atoms with Crippen LogP contribution in [-0.2, 0) is 32.1 Å². The number of aldehydes is 3. The van der Waals surface area contributed by atoms with Gasteiger partial charge >= 0.3 is 0 Å². The average molecular weight is 693 g/mol. The molecule has 3 aromatic rings. The first-order valence-corrected chi connectivity index (χ1v) is 15.8. The van der Waals surface area contributed by atoms with Gasteiger partial charge in [-0.15, -0.1) is 0 Å². The Morgan fingerprint density at radius 2 is 1.64 bits per heavy atom. The standard InChI is InChI=1S/C20H22N2O5.C15H20N2O3.C2H6O/c1-21(14-16-5-8-19(26-2)9-6-16)11-3-4-12-27-20-10-7-18(22(24)25)13-17(20)15-23;1-16-14(10-12-6-3-2-4-7-12)15(20)17-13(11-19)8-5-9-18;1-3-2/h3-10,13,15H,11-12,14H2,1-2H3;2-4,6-7,9,11,13-14,16H,5,8,10H2,1H3,(H,17,20);1-2H3/b4-3+;;. The third-order valence-electron chi connectivity index (χ3n) is 6.90. The van der Waals surface area contributed by atoms with Gasteiger partial charge in [-0.25, -0.2) is 0 Å². The number of methoxy groups -OCH3 is 2. The number of likely N-dealkylation sites (N-methyl/N-ethyl adjacent to an activating group) is 2. The number of rotatable bonds is 19. The quantitative estimate of drug-likeness (QED) is 0.0799. The van der Waals surface area contributed by atoms with E-state index in [1.807, 2.05) is 73.8 Å². The van der Waals surface area contributed by atoms with Gasteiger partial charge in [0.2, 0.25) is 5.91 Å². The molecule has 0 radical (unpaired) electrons. The number of hydrogen-bond donors (Lipinski definition) is 2. The molecule has 0 aliphatic heterocycles. The Kier molecular flexibility index (Phi) is 22.0. The monoisotopic (exact) mass is 692 g/mol. The van der Waals surface area contributed by atoms with E-state index in [4.69, 9.17) is 9.47 Å². The molecule has 3 rings (SSSR count). The zero-order valence-corrected chi connectivity index (χ0v) is 29.3. The summed E-state index contributed by atoms with van der Waals surface area (Å²) in [6, 6.07) is 20.5. The summed E-state index contributed by atoms with van der Waals surface area (Å²) in [7, 11) is 8.60. The highest BCUT2D eigenvalue weighted by Crippen LogP contribution is 2.22. The van der Waals surface area contributed by atoms with Crippen molar-refractivity contribution in [1.82, 2.24) is 15.5 Å². The first-order valence-electron chi connectivity index (χ1n) is 15.8. The fraction of sp³-hybridized carbons (Fsp3) is 0.351. The number of carbonyl (C=O) groups excluding carboxylic acids is 4. The van der Waals surface area contributed by atoms with Crippen LogP contribution in [0.2, 0.25) is 0 Å². The van der Waals surface area contributed by atoms with Crippen LogP contribution < -0.4 is 20.1 Å². The molecular formula is C37H48N4O9. The van der Waals surface area contributed by atoms with Crippen LogP contribution in [0.15, 0.2) is 84.9 Å². The lowest BCUT2D eigenvalue weighted by Gasteiger charge is -2.19. The molecule has 0 saturated heterocycles. The van der Waals surface area contributed by atoms with Crippen molar-refractivity contribution in [3.63, 3.8) is 0 Å². The third kappa shape index (κ3) is 17.2. The topological polar surface area (TPSA) is 166 Å². The van der Waals surface area contributed by atoms with E-state index in [-0.39, 0.29) is 30.2 Å². The molecule has 2 atom stereocenters. The van der Waals surface area contributed by atoms with E-state index in [0.717, 1.165) is 30.7 Å². The maximum atomic E-state index is 12.1. The fourth-order valence-corrected chi connectivity index (χ4v) is 4.32. The summed E-state index contributed by atoms with van der Waals surface area (Å²) in [6.07, 6.45) is 6.90. The van der Waals surface area contributed by atoms with E-state index in [1.165, 1.54) is 23.8 Å². The number of nitrogens with one attached hydrogen (secondary N) is 2. The zero-order chi connectivity index (χ0) is 37.1. The van der Waals surface area contributed by atoms with Crippen LogP contribution in [0.1, 0.15) is 34.3 Å². The lowest BCUT2D eigenvalue weighted by molar-refractivity contribution is -0.384. The van der Waals surface area contributed by atoms with Crippen LogP contribution in [0.5, 0.6) is 11.5 Å². The summed E-state index contributed by atoms with van der Waals surface area (Å²) in [5.41, 5.74) is 2.25. The number of carbonyl (C=O) groups is 4. The Labute approximate surface area is 293 Å². The van der Waals surface area contributed by atoms with Crippen LogP contribution in [0.4, 0.5) is 5.69 Å². The normalized spacial score (nSPS) is 11.6. The molecule has 2 N–H and O–H groups in total. The number of nitro benzene ring substituents is 1. The number of benzene rings is 3. The first-order chi connectivity index (χ1) is 24.1. The van der Waals surface area contributed by atoms with Crippen LogP contribution in [-0.4, -0.2) is 95.2 Å². The van der Waals surface area contributed by atoms with E-state index < -0.39 is 17.0 Å². The second-order valence-electron chi connectivity index (χ2n) is 10.9. The molecule has 0 fully saturated rings. The minimum atomic E-state index is -0.612. The molecule has 0 aliphatic rings. The minimum absolute atomic E-state index is 0.139. The van der Waals surface area contributed by atoms with Crippen LogP contribution >= 0.6 is 0 Å². The van der Waals surface area contributed by atoms with Crippen LogP contribution in [0, 0.1) is 10.1 Å². The molecule has 270 valence electrons. The zero-order valence-electron chi connectivity index (χ0n) is 29.3. The number of hydrogen-bond acceptors (Lipinski definition) is 11. The van der Waals surface area contributed by atoms with Gasteiger partial charge in [-0.2, -0.15) is 0 Å². The Morgan fingerprint density at radius 1 is 0.960 bits per heavy atom. The SMILES string of the molecule is CNC(Cc1ccccc1)C(=O)NC(C=O)CCC=O.COC.COc1ccc(CN(C)C/C=C/COc2ccc([N+](=O)[O-])cc2C=O)cc1. The van der Waals surface area contributed by atoms with E-state index >= 15 is 0 Å². The van der Waals surface area contributed by atoms with Crippen molar-refractivity contribution in [2.75, 3.05) is 48.6 Å². The Bertz CT molecular complexity index is 1470. The Balaban J connectivity index is 0.000000482. The molecule has 13 nitrogen and oxygen atoms in total. The molecule has 0 saturated carbocycles. The number of ether oxygens (including phenoxy) is 3. The van der Waals surface area contributed by atoms with Crippen molar-refractivity contribution in [3.8, 4) is 11.5 Å². The first kappa shape index (κ1) is 42.8. The molecule has 13 heteroatoms. The Morgan fingerprint density at radius 3 is 2.20 bits per heavy atom. The van der Waals surface area contributed by atoms with Crippen LogP contribution in [0.25, 0.3) is 0 Å². The van der Waals surface area contributed by atoms with Crippen molar-refractivity contribution in [2.24, 2.45) is 0 Å². The highest BCUT2D eigenvalue weighted by atomic mass is 16.6. The molecule has 0 heterocycles. The molecular weight excluding hydrogens is 644 g/mol.